The predicted molar refractivity (Wildman–Crippen MR) is 74.6 cm³/mol. The van der Waals surface area contributed by atoms with Gasteiger partial charge in [0, 0.05) is 19.4 Å². The van der Waals surface area contributed by atoms with Crippen LogP contribution in [0.25, 0.3) is 10.2 Å². The highest BCUT2D eigenvalue weighted by Crippen LogP contribution is 2.30. The zero-order chi connectivity index (χ0) is 12.5. The molecule has 0 amide bonds. The van der Waals surface area contributed by atoms with Crippen molar-refractivity contribution in [2.45, 2.75) is 6.54 Å². The van der Waals surface area contributed by atoms with E-state index in [0.29, 0.717) is 12.2 Å². The van der Waals surface area contributed by atoms with E-state index >= 15 is 0 Å². The second-order valence-electron chi connectivity index (χ2n) is 4.03. The number of nitrogens with one attached hydrogen (secondary N) is 1. The van der Waals surface area contributed by atoms with Crippen molar-refractivity contribution in [3.8, 4) is 0 Å². The quantitative estimate of drug-likeness (QED) is 0.708. The highest BCUT2D eigenvalue weighted by atomic mass is 32.1. The van der Waals surface area contributed by atoms with Gasteiger partial charge in [0.2, 0.25) is 0 Å². The highest BCUT2D eigenvalue weighted by molar-refractivity contribution is 7.16. The molecular formula is C12H13N5S. The Bertz CT molecular complexity index is 685. The Balaban J connectivity index is 1.86. The first-order valence-corrected chi connectivity index (χ1v) is 6.45. The number of benzene rings is 1. The number of fused-ring (bicyclic) bond motifs is 1. The molecule has 0 aliphatic heterocycles. The van der Waals surface area contributed by atoms with Crippen LogP contribution >= 0.6 is 11.3 Å². The number of hydrogen-bond donors (Lipinski definition) is 2. The van der Waals surface area contributed by atoms with Crippen molar-refractivity contribution >= 4 is 32.9 Å². The van der Waals surface area contributed by atoms with Crippen LogP contribution in [0.2, 0.25) is 0 Å². The molecule has 6 heteroatoms. The Labute approximate surface area is 108 Å². The maximum Gasteiger partial charge on any atom is 0.127 e. The van der Waals surface area contributed by atoms with E-state index in [9.17, 15) is 0 Å². The van der Waals surface area contributed by atoms with E-state index in [1.54, 1.807) is 17.5 Å². The highest BCUT2D eigenvalue weighted by Gasteiger charge is 2.07. The molecule has 0 saturated carbocycles. The molecular weight excluding hydrogens is 246 g/mol. The number of aromatic nitrogens is 3. The molecule has 0 bridgehead atoms. The number of imidazole rings is 1. The molecule has 0 aliphatic rings. The van der Waals surface area contributed by atoms with Crippen molar-refractivity contribution in [2.75, 3.05) is 11.1 Å². The number of anilines is 2. The summed E-state index contributed by atoms with van der Waals surface area (Å²) in [6.07, 6.45) is 3.70. The van der Waals surface area contributed by atoms with E-state index < -0.39 is 0 Å². The van der Waals surface area contributed by atoms with E-state index in [1.807, 2.05) is 35.5 Å². The van der Waals surface area contributed by atoms with Crippen molar-refractivity contribution in [3.63, 3.8) is 0 Å². The second-order valence-corrected chi connectivity index (χ2v) is 4.92. The summed E-state index contributed by atoms with van der Waals surface area (Å²) in [6.45, 7) is 0.642. The van der Waals surface area contributed by atoms with Crippen LogP contribution in [0.4, 0.5) is 11.4 Å². The number of aryl methyl sites for hydroxylation is 1. The minimum absolute atomic E-state index is 0.642. The van der Waals surface area contributed by atoms with Crippen LogP contribution < -0.4 is 11.1 Å². The van der Waals surface area contributed by atoms with Crippen LogP contribution in [-0.4, -0.2) is 14.5 Å². The van der Waals surface area contributed by atoms with Gasteiger partial charge in [-0.15, -0.1) is 11.3 Å². The van der Waals surface area contributed by atoms with Crippen molar-refractivity contribution in [1.82, 2.24) is 14.5 Å². The second kappa shape index (κ2) is 4.30. The predicted octanol–water partition coefficient (Wildman–Crippen LogP) is 2.22. The average molecular weight is 259 g/mol. The fourth-order valence-electron chi connectivity index (χ4n) is 1.85. The minimum atomic E-state index is 0.642. The van der Waals surface area contributed by atoms with Gasteiger partial charge in [-0.1, -0.05) is 0 Å². The molecule has 0 saturated heterocycles. The van der Waals surface area contributed by atoms with Crippen LogP contribution in [0, 0.1) is 0 Å². The number of thiazole rings is 1. The summed E-state index contributed by atoms with van der Waals surface area (Å²) in [7, 11) is 1.97. The van der Waals surface area contributed by atoms with Gasteiger partial charge in [0.25, 0.3) is 0 Å². The van der Waals surface area contributed by atoms with Gasteiger partial charge >= 0.3 is 0 Å². The van der Waals surface area contributed by atoms with Crippen molar-refractivity contribution < 1.29 is 0 Å². The molecule has 92 valence electrons. The lowest BCUT2D eigenvalue weighted by molar-refractivity contribution is 0.813. The number of hydrogen-bond acceptors (Lipinski definition) is 5. The van der Waals surface area contributed by atoms with Crippen molar-refractivity contribution in [3.05, 3.63) is 35.9 Å². The number of rotatable bonds is 3. The third-order valence-electron chi connectivity index (χ3n) is 2.90. The van der Waals surface area contributed by atoms with Gasteiger partial charge in [-0.25, -0.2) is 9.97 Å². The number of nitrogen functional groups attached to an aromatic ring is 1. The lowest BCUT2D eigenvalue weighted by Crippen LogP contribution is -2.07. The summed E-state index contributed by atoms with van der Waals surface area (Å²) in [6, 6.07) is 4.02. The van der Waals surface area contributed by atoms with E-state index in [1.165, 1.54) is 0 Å². The molecule has 0 radical (unpaired) electrons. The van der Waals surface area contributed by atoms with Gasteiger partial charge in [0.15, 0.2) is 0 Å². The lowest BCUT2D eigenvalue weighted by Gasteiger charge is -2.09. The molecule has 2 aromatic heterocycles. The van der Waals surface area contributed by atoms with Crippen LogP contribution in [0.1, 0.15) is 5.82 Å². The van der Waals surface area contributed by atoms with Gasteiger partial charge in [-0.05, 0) is 12.1 Å². The molecule has 5 nitrogen and oxygen atoms in total. The lowest BCUT2D eigenvalue weighted by atomic mass is 10.2. The van der Waals surface area contributed by atoms with Crippen LogP contribution in [0.15, 0.2) is 30.0 Å². The summed E-state index contributed by atoms with van der Waals surface area (Å²) in [5, 5.41) is 3.29. The van der Waals surface area contributed by atoms with Gasteiger partial charge in [0.1, 0.15) is 11.3 Å². The molecule has 3 N–H and O–H groups in total. The average Bonchev–Trinajstić information content (AvgIpc) is 2.98. The van der Waals surface area contributed by atoms with Crippen LogP contribution in [0.3, 0.4) is 0 Å². The maximum absolute atomic E-state index is 6.10. The third-order valence-corrected chi connectivity index (χ3v) is 3.69. The molecule has 3 aromatic rings. The Morgan fingerprint density at radius 1 is 1.39 bits per heavy atom. The van der Waals surface area contributed by atoms with Gasteiger partial charge in [0.05, 0.1) is 28.1 Å². The molecule has 0 unspecified atom stereocenters. The van der Waals surface area contributed by atoms with Gasteiger partial charge < -0.3 is 15.6 Å². The number of nitrogens with zero attached hydrogens (tertiary/aromatic N) is 3. The molecule has 2 heterocycles. The first kappa shape index (κ1) is 11.0. The Morgan fingerprint density at radius 2 is 2.28 bits per heavy atom. The summed E-state index contributed by atoms with van der Waals surface area (Å²) in [5.74, 6) is 0.966. The molecule has 0 aliphatic carbocycles. The van der Waals surface area contributed by atoms with Gasteiger partial charge in [-0.3, -0.25) is 0 Å². The Kier molecular flexibility index (Phi) is 2.64. The van der Waals surface area contributed by atoms with Crippen molar-refractivity contribution in [2.24, 2.45) is 7.05 Å². The minimum Gasteiger partial charge on any atom is -0.395 e. The first-order chi connectivity index (χ1) is 8.75. The summed E-state index contributed by atoms with van der Waals surface area (Å²) < 4.78 is 3.08. The van der Waals surface area contributed by atoms with Crippen LogP contribution in [0.5, 0.6) is 0 Å². The fraction of sp³-hybridized carbons (Fsp3) is 0.167. The smallest absolute Gasteiger partial charge is 0.127 e. The first-order valence-electron chi connectivity index (χ1n) is 5.57. The standard InChI is InChI=1S/C12H13N5S/c1-17-5-4-14-10(17)6-15-8-2-3-9-12(11(8)13)16-7-18-9/h2-5,7,15H,6,13H2,1H3. The zero-order valence-corrected chi connectivity index (χ0v) is 10.7. The molecule has 0 atom stereocenters. The van der Waals surface area contributed by atoms with Gasteiger partial charge in [-0.2, -0.15) is 0 Å². The molecule has 1 aromatic carbocycles. The van der Waals surface area contributed by atoms with E-state index in [4.69, 9.17) is 5.73 Å². The Morgan fingerprint density at radius 3 is 3.06 bits per heavy atom. The SMILES string of the molecule is Cn1ccnc1CNc1ccc2scnc2c1N. The molecule has 0 fully saturated rings. The summed E-state index contributed by atoms with van der Waals surface area (Å²) >= 11 is 1.59. The third kappa shape index (κ3) is 1.80. The fourth-order valence-corrected chi connectivity index (χ4v) is 2.54. The van der Waals surface area contributed by atoms with E-state index in [2.05, 4.69) is 15.3 Å². The zero-order valence-electron chi connectivity index (χ0n) is 9.92. The molecule has 18 heavy (non-hydrogen) atoms. The normalized spacial score (nSPS) is 10.9. The molecule has 3 rings (SSSR count). The Hall–Kier alpha value is -2.08. The maximum atomic E-state index is 6.10. The van der Waals surface area contributed by atoms with Crippen LogP contribution in [-0.2, 0) is 13.6 Å². The monoisotopic (exact) mass is 259 g/mol. The van der Waals surface area contributed by atoms with E-state index in [0.717, 1.165) is 21.7 Å². The number of nitrogens with two attached hydrogens (primary N) is 1. The topological polar surface area (TPSA) is 68.8 Å². The molecule has 0 spiro atoms. The van der Waals surface area contributed by atoms with E-state index in [-0.39, 0.29) is 0 Å². The largest absolute Gasteiger partial charge is 0.395 e. The summed E-state index contributed by atoms with van der Waals surface area (Å²) in [5.41, 5.74) is 10.4. The van der Waals surface area contributed by atoms with Crippen molar-refractivity contribution in [1.29, 1.82) is 0 Å². The summed E-state index contributed by atoms with van der Waals surface area (Å²) in [4.78, 5) is 8.53.